The van der Waals surface area contributed by atoms with E-state index in [0.29, 0.717) is 31.1 Å². The van der Waals surface area contributed by atoms with Gasteiger partial charge in [0.2, 0.25) is 11.9 Å². The molecule has 1 aromatic heterocycles. The fraction of sp³-hybridized carbons (Fsp3) is 0.800. The summed E-state index contributed by atoms with van der Waals surface area (Å²) in [7, 11) is 1.67. The van der Waals surface area contributed by atoms with Crippen LogP contribution in [0.3, 0.4) is 0 Å². The zero-order valence-electron chi connectivity index (χ0n) is 9.65. The highest BCUT2D eigenvalue weighted by Crippen LogP contribution is 2.30. The van der Waals surface area contributed by atoms with E-state index < -0.39 is 0 Å². The Morgan fingerprint density at radius 2 is 2.25 bits per heavy atom. The standard InChI is InChI=1S/C10H19N5O/c1-16-7-6-12-10-13-9(11)15(14-10)8-4-2-3-5-8/h8H,2-7H2,1H3,(H3,11,12,13,14). The second-order valence-electron chi connectivity index (χ2n) is 4.10. The number of nitrogens with two attached hydrogens (primary N) is 1. The second-order valence-corrected chi connectivity index (χ2v) is 4.10. The molecule has 0 amide bonds. The number of hydrogen-bond acceptors (Lipinski definition) is 5. The number of hydrogen-bond donors (Lipinski definition) is 2. The summed E-state index contributed by atoms with van der Waals surface area (Å²) in [6.07, 6.45) is 4.84. The van der Waals surface area contributed by atoms with Gasteiger partial charge < -0.3 is 15.8 Å². The number of ether oxygens (including phenoxy) is 1. The van der Waals surface area contributed by atoms with Crippen LogP contribution in [0.15, 0.2) is 0 Å². The minimum Gasteiger partial charge on any atom is -0.383 e. The molecule has 0 spiro atoms. The second kappa shape index (κ2) is 5.16. The van der Waals surface area contributed by atoms with Crippen molar-refractivity contribution >= 4 is 11.9 Å². The lowest BCUT2D eigenvalue weighted by Crippen LogP contribution is -2.11. The Morgan fingerprint density at radius 1 is 1.50 bits per heavy atom. The third kappa shape index (κ3) is 2.44. The zero-order valence-corrected chi connectivity index (χ0v) is 9.65. The monoisotopic (exact) mass is 225 g/mol. The van der Waals surface area contributed by atoms with Crippen molar-refractivity contribution in [2.45, 2.75) is 31.7 Å². The molecule has 16 heavy (non-hydrogen) atoms. The van der Waals surface area contributed by atoms with Crippen LogP contribution in [0.5, 0.6) is 0 Å². The number of nitrogen functional groups attached to an aromatic ring is 1. The third-order valence-electron chi connectivity index (χ3n) is 2.92. The predicted molar refractivity (Wildman–Crippen MR) is 62.3 cm³/mol. The number of anilines is 2. The van der Waals surface area contributed by atoms with E-state index >= 15 is 0 Å². The van der Waals surface area contributed by atoms with Crippen LogP contribution in [-0.4, -0.2) is 35.0 Å². The van der Waals surface area contributed by atoms with E-state index in [1.807, 2.05) is 4.68 Å². The summed E-state index contributed by atoms with van der Waals surface area (Å²) >= 11 is 0. The van der Waals surface area contributed by atoms with Gasteiger partial charge in [0.25, 0.3) is 0 Å². The normalized spacial score (nSPS) is 16.8. The quantitative estimate of drug-likeness (QED) is 0.732. The molecule has 6 heteroatoms. The molecule has 1 saturated carbocycles. The number of nitrogens with one attached hydrogen (secondary N) is 1. The molecule has 2 rings (SSSR count). The first-order valence-corrected chi connectivity index (χ1v) is 5.76. The Labute approximate surface area is 95.2 Å². The lowest BCUT2D eigenvalue weighted by Gasteiger charge is -2.09. The number of nitrogens with zero attached hydrogens (tertiary/aromatic N) is 3. The Bertz CT molecular complexity index is 332. The Hall–Kier alpha value is -1.30. The average Bonchev–Trinajstić information content (AvgIpc) is 2.87. The van der Waals surface area contributed by atoms with Gasteiger partial charge in [-0.15, -0.1) is 5.10 Å². The largest absolute Gasteiger partial charge is 0.383 e. The zero-order chi connectivity index (χ0) is 11.4. The highest BCUT2D eigenvalue weighted by molar-refractivity contribution is 5.31. The Morgan fingerprint density at radius 3 is 2.94 bits per heavy atom. The van der Waals surface area contributed by atoms with E-state index in [1.54, 1.807) is 7.11 Å². The Kier molecular flexibility index (Phi) is 3.61. The fourth-order valence-electron chi connectivity index (χ4n) is 2.09. The van der Waals surface area contributed by atoms with Gasteiger partial charge >= 0.3 is 0 Å². The molecule has 3 N–H and O–H groups in total. The predicted octanol–water partition coefficient (Wildman–Crippen LogP) is 1.03. The van der Waals surface area contributed by atoms with E-state index in [0.717, 1.165) is 12.8 Å². The minimum atomic E-state index is 0.436. The summed E-state index contributed by atoms with van der Waals surface area (Å²) in [5.41, 5.74) is 5.84. The molecule has 6 nitrogen and oxygen atoms in total. The van der Waals surface area contributed by atoms with Gasteiger partial charge in [0.05, 0.1) is 12.6 Å². The SMILES string of the molecule is COCCNc1nc(N)n(C2CCCC2)n1. The maximum absolute atomic E-state index is 5.84. The summed E-state index contributed by atoms with van der Waals surface area (Å²) < 4.78 is 6.79. The molecule has 0 atom stereocenters. The molecule has 0 saturated heterocycles. The first-order valence-electron chi connectivity index (χ1n) is 5.76. The molecule has 0 aromatic carbocycles. The van der Waals surface area contributed by atoms with Crippen molar-refractivity contribution in [3.8, 4) is 0 Å². The van der Waals surface area contributed by atoms with Crippen molar-refractivity contribution in [1.29, 1.82) is 0 Å². The molecule has 1 heterocycles. The van der Waals surface area contributed by atoms with E-state index in [4.69, 9.17) is 10.5 Å². The van der Waals surface area contributed by atoms with Crippen LogP contribution in [0.2, 0.25) is 0 Å². The number of aromatic nitrogens is 3. The van der Waals surface area contributed by atoms with Crippen LogP contribution < -0.4 is 11.1 Å². The summed E-state index contributed by atoms with van der Waals surface area (Å²) in [5.74, 6) is 1.10. The molecule has 0 radical (unpaired) electrons. The molecule has 0 unspecified atom stereocenters. The molecular weight excluding hydrogens is 206 g/mol. The van der Waals surface area contributed by atoms with Crippen molar-refractivity contribution in [3.05, 3.63) is 0 Å². The third-order valence-corrected chi connectivity index (χ3v) is 2.92. The topological polar surface area (TPSA) is 78.0 Å². The summed E-state index contributed by atoms with van der Waals surface area (Å²) in [6.45, 7) is 1.34. The van der Waals surface area contributed by atoms with Crippen LogP contribution in [0, 0.1) is 0 Å². The lowest BCUT2D eigenvalue weighted by molar-refractivity contribution is 0.210. The van der Waals surface area contributed by atoms with Crippen molar-refractivity contribution in [1.82, 2.24) is 14.8 Å². The molecule has 1 fully saturated rings. The maximum atomic E-state index is 5.84. The minimum absolute atomic E-state index is 0.436. The van der Waals surface area contributed by atoms with Gasteiger partial charge in [-0.3, -0.25) is 0 Å². The molecule has 0 bridgehead atoms. The summed E-state index contributed by atoms with van der Waals surface area (Å²) in [6, 6.07) is 0.436. The van der Waals surface area contributed by atoms with Gasteiger partial charge in [0, 0.05) is 13.7 Å². The molecule has 90 valence electrons. The molecule has 1 aliphatic carbocycles. The molecule has 1 aliphatic rings. The highest BCUT2D eigenvalue weighted by atomic mass is 16.5. The van der Waals surface area contributed by atoms with E-state index in [-0.39, 0.29) is 0 Å². The Balaban J connectivity index is 1.97. The molecule has 0 aliphatic heterocycles. The van der Waals surface area contributed by atoms with E-state index in [9.17, 15) is 0 Å². The van der Waals surface area contributed by atoms with Crippen LogP contribution >= 0.6 is 0 Å². The van der Waals surface area contributed by atoms with E-state index in [2.05, 4.69) is 15.4 Å². The first kappa shape index (κ1) is 11.2. The van der Waals surface area contributed by atoms with Crippen LogP contribution in [0.4, 0.5) is 11.9 Å². The van der Waals surface area contributed by atoms with Crippen molar-refractivity contribution < 1.29 is 4.74 Å². The smallest absolute Gasteiger partial charge is 0.244 e. The molecular formula is C10H19N5O. The van der Waals surface area contributed by atoms with Gasteiger partial charge in [-0.05, 0) is 12.8 Å². The van der Waals surface area contributed by atoms with Crippen molar-refractivity contribution in [2.75, 3.05) is 31.3 Å². The van der Waals surface area contributed by atoms with Gasteiger partial charge in [-0.1, -0.05) is 12.8 Å². The fourth-order valence-corrected chi connectivity index (χ4v) is 2.09. The van der Waals surface area contributed by atoms with E-state index in [1.165, 1.54) is 12.8 Å². The first-order chi connectivity index (χ1) is 7.81. The number of methoxy groups -OCH3 is 1. The van der Waals surface area contributed by atoms with Crippen molar-refractivity contribution in [2.24, 2.45) is 0 Å². The maximum Gasteiger partial charge on any atom is 0.244 e. The van der Waals surface area contributed by atoms with Crippen LogP contribution in [0.1, 0.15) is 31.7 Å². The summed E-state index contributed by atoms with van der Waals surface area (Å²) in [5, 5.41) is 7.46. The molecule has 1 aromatic rings. The van der Waals surface area contributed by atoms with Gasteiger partial charge in [0.15, 0.2) is 0 Å². The van der Waals surface area contributed by atoms with Crippen LogP contribution in [-0.2, 0) is 4.74 Å². The highest BCUT2D eigenvalue weighted by Gasteiger charge is 2.20. The van der Waals surface area contributed by atoms with Crippen molar-refractivity contribution in [3.63, 3.8) is 0 Å². The lowest BCUT2D eigenvalue weighted by atomic mass is 10.3. The van der Waals surface area contributed by atoms with Gasteiger partial charge in [-0.2, -0.15) is 4.98 Å². The number of rotatable bonds is 5. The van der Waals surface area contributed by atoms with Gasteiger partial charge in [0.1, 0.15) is 0 Å². The van der Waals surface area contributed by atoms with Gasteiger partial charge in [-0.25, -0.2) is 4.68 Å². The summed E-state index contributed by atoms with van der Waals surface area (Å²) in [4.78, 5) is 4.19. The average molecular weight is 225 g/mol. The van der Waals surface area contributed by atoms with Crippen LogP contribution in [0.25, 0.3) is 0 Å².